The second kappa shape index (κ2) is 7.36. The fourth-order valence-electron chi connectivity index (χ4n) is 3.05. The molecule has 0 bridgehead atoms. The molecular formula is C15H25NO2S. The van der Waals surface area contributed by atoms with E-state index in [1.807, 2.05) is 19.2 Å². The minimum Gasteiger partial charge on any atom is -0.390 e. The minimum absolute atomic E-state index is 0.0210. The van der Waals surface area contributed by atoms with Crippen molar-refractivity contribution in [2.24, 2.45) is 5.92 Å². The summed E-state index contributed by atoms with van der Waals surface area (Å²) in [6, 6.07) is 0. The van der Waals surface area contributed by atoms with Gasteiger partial charge in [-0.05, 0) is 32.6 Å². The lowest BCUT2D eigenvalue weighted by atomic mass is 9.82. The summed E-state index contributed by atoms with van der Waals surface area (Å²) in [5.41, 5.74) is 0.996. The van der Waals surface area contributed by atoms with Crippen molar-refractivity contribution in [2.45, 2.75) is 64.6 Å². The third-order valence-corrected chi connectivity index (χ3v) is 4.76. The number of aryl methyl sites for hydroxylation is 1. The normalized spacial score (nSPS) is 20.4. The molecular weight excluding hydrogens is 258 g/mol. The molecule has 1 fully saturated rings. The average Bonchev–Trinajstić information content (AvgIpc) is 2.82. The highest BCUT2D eigenvalue weighted by Gasteiger charge is 2.30. The second-order valence-corrected chi connectivity index (χ2v) is 6.51. The molecule has 2 unspecified atom stereocenters. The monoisotopic (exact) mass is 283 g/mol. The van der Waals surface area contributed by atoms with Crippen LogP contribution in [0.4, 0.5) is 0 Å². The van der Waals surface area contributed by atoms with E-state index in [0.29, 0.717) is 18.9 Å². The fourth-order valence-corrected chi connectivity index (χ4v) is 3.67. The first-order valence-electron chi connectivity index (χ1n) is 7.41. The molecule has 1 N–H and O–H groups in total. The Balaban J connectivity index is 1.96. The largest absolute Gasteiger partial charge is 0.390 e. The molecule has 0 amide bonds. The first-order valence-corrected chi connectivity index (χ1v) is 8.29. The average molecular weight is 283 g/mol. The van der Waals surface area contributed by atoms with E-state index in [9.17, 15) is 5.11 Å². The van der Waals surface area contributed by atoms with Crippen LogP contribution in [0.5, 0.6) is 0 Å². The van der Waals surface area contributed by atoms with E-state index in [4.69, 9.17) is 4.74 Å². The quantitative estimate of drug-likeness (QED) is 0.870. The van der Waals surface area contributed by atoms with E-state index < -0.39 is 6.10 Å². The summed E-state index contributed by atoms with van der Waals surface area (Å²) in [6.07, 6.45) is 6.43. The number of hydrogen-bond acceptors (Lipinski definition) is 4. The summed E-state index contributed by atoms with van der Waals surface area (Å²) in [5.74, 6) is 0.517. The van der Waals surface area contributed by atoms with Crippen molar-refractivity contribution >= 4 is 11.3 Å². The molecule has 0 radical (unpaired) electrons. The molecule has 4 heteroatoms. The van der Waals surface area contributed by atoms with Crippen molar-refractivity contribution < 1.29 is 9.84 Å². The third-order valence-electron chi connectivity index (χ3n) is 3.94. The van der Waals surface area contributed by atoms with Crippen LogP contribution < -0.4 is 0 Å². The van der Waals surface area contributed by atoms with Crippen LogP contribution in [-0.4, -0.2) is 28.9 Å². The summed E-state index contributed by atoms with van der Waals surface area (Å²) in [5, 5.41) is 13.6. The summed E-state index contributed by atoms with van der Waals surface area (Å²) < 4.78 is 5.85. The molecule has 2 rings (SSSR count). The number of hydrogen-bond donors (Lipinski definition) is 1. The Morgan fingerprint density at radius 1 is 1.42 bits per heavy atom. The summed E-state index contributed by atoms with van der Waals surface area (Å²) >= 11 is 1.64. The Morgan fingerprint density at radius 3 is 2.74 bits per heavy atom. The number of aliphatic hydroxyl groups is 1. The highest BCUT2D eigenvalue weighted by molar-refractivity contribution is 7.09. The highest BCUT2D eigenvalue weighted by Crippen LogP contribution is 2.30. The number of thiazole rings is 1. The SMILES string of the molecule is CCOC(C(O)Cc1csc(C)n1)C1CCCCC1. The van der Waals surface area contributed by atoms with Gasteiger partial charge in [0.05, 0.1) is 22.9 Å². The lowest BCUT2D eigenvalue weighted by Crippen LogP contribution is -2.38. The van der Waals surface area contributed by atoms with Crippen molar-refractivity contribution in [1.29, 1.82) is 0 Å². The molecule has 1 heterocycles. The van der Waals surface area contributed by atoms with Gasteiger partial charge in [-0.2, -0.15) is 0 Å². The van der Waals surface area contributed by atoms with Crippen LogP contribution in [0, 0.1) is 12.8 Å². The molecule has 0 saturated heterocycles. The summed E-state index contributed by atoms with van der Waals surface area (Å²) in [7, 11) is 0. The van der Waals surface area contributed by atoms with Gasteiger partial charge >= 0.3 is 0 Å². The molecule has 0 spiro atoms. The van der Waals surface area contributed by atoms with Gasteiger partial charge in [-0.3, -0.25) is 0 Å². The van der Waals surface area contributed by atoms with Crippen molar-refractivity contribution in [1.82, 2.24) is 4.98 Å². The molecule has 1 aliphatic carbocycles. The maximum absolute atomic E-state index is 10.5. The predicted molar refractivity (Wildman–Crippen MR) is 78.6 cm³/mol. The Kier molecular flexibility index (Phi) is 5.79. The van der Waals surface area contributed by atoms with E-state index in [-0.39, 0.29) is 6.10 Å². The molecule has 19 heavy (non-hydrogen) atoms. The topological polar surface area (TPSA) is 42.4 Å². The predicted octanol–water partition coefficient (Wildman–Crippen LogP) is 3.34. The van der Waals surface area contributed by atoms with Gasteiger partial charge < -0.3 is 9.84 Å². The summed E-state index contributed by atoms with van der Waals surface area (Å²) in [4.78, 5) is 4.44. The van der Waals surface area contributed by atoms with Crippen LogP contribution in [0.3, 0.4) is 0 Å². The zero-order chi connectivity index (χ0) is 13.7. The molecule has 3 nitrogen and oxygen atoms in total. The zero-order valence-electron chi connectivity index (χ0n) is 12.0. The van der Waals surface area contributed by atoms with Gasteiger partial charge in [-0.15, -0.1) is 11.3 Å². The highest BCUT2D eigenvalue weighted by atomic mass is 32.1. The molecule has 2 atom stereocenters. The van der Waals surface area contributed by atoms with Crippen molar-refractivity contribution in [2.75, 3.05) is 6.61 Å². The maximum Gasteiger partial charge on any atom is 0.0897 e. The van der Waals surface area contributed by atoms with Gasteiger partial charge in [0.25, 0.3) is 0 Å². The Hall–Kier alpha value is -0.450. The van der Waals surface area contributed by atoms with Gasteiger partial charge in [0.2, 0.25) is 0 Å². The number of aliphatic hydroxyl groups excluding tert-OH is 1. The molecule has 0 aliphatic heterocycles. The van der Waals surface area contributed by atoms with E-state index in [1.165, 1.54) is 32.1 Å². The van der Waals surface area contributed by atoms with Crippen LogP contribution in [0.15, 0.2) is 5.38 Å². The minimum atomic E-state index is -0.426. The first-order chi connectivity index (χ1) is 9.20. The van der Waals surface area contributed by atoms with E-state index in [1.54, 1.807) is 11.3 Å². The van der Waals surface area contributed by atoms with Gasteiger partial charge in [-0.25, -0.2) is 4.98 Å². The standard InChI is InChI=1S/C15H25NO2S/c1-3-18-15(12-7-5-4-6-8-12)14(17)9-13-10-19-11(2)16-13/h10,12,14-15,17H,3-9H2,1-2H3. The van der Waals surface area contributed by atoms with Crippen molar-refractivity contribution in [3.63, 3.8) is 0 Å². The maximum atomic E-state index is 10.5. The van der Waals surface area contributed by atoms with E-state index in [0.717, 1.165) is 10.7 Å². The molecule has 1 aromatic heterocycles. The van der Waals surface area contributed by atoms with Crippen LogP contribution in [0.2, 0.25) is 0 Å². The zero-order valence-corrected chi connectivity index (χ0v) is 12.8. The second-order valence-electron chi connectivity index (χ2n) is 5.45. The van der Waals surface area contributed by atoms with Crippen molar-refractivity contribution in [3.8, 4) is 0 Å². The van der Waals surface area contributed by atoms with Gasteiger partial charge in [-0.1, -0.05) is 19.3 Å². The Bertz CT molecular complexity index is 374. The van der Waals surface area contributed by atoms with Gasteiger partial charge in [0.15, 0.2) is 0 Å². The molecule has 1 aromatic rings. The Labute approximate surface area is 120 Å². The smallest absolute Gasteiger partial charge is 0.0897 e. The van der Waals surface area contributed by atoms with E-state index >= 15 is 0 Å². The number of ether oxygens (including phenoxy) is 1. The third kappa shape index (κ3) is 4.26. The van der Waals surface area contributed by atoms with Crippen LogP contribution in [0.25, 0.3) is 0 Å². The van der Waals surface area contributed by atoms with Crippen LogP contribution in [0.1, 0.15) is 49.7 Å². The molecule has 1 aliphatic rings. The fraction of sp³-hybridized carbons (Fsp3) is 0.800. The van der Waals surface area contributed by atoms with Gasteiger partial charge in [0.1, 0.15) is 0 Å². The van der Waals surface area contributed by atoms with Gasteiger partial charge in [0, 0.05) is 18.4 Å². The lowest BCUT2D eigenvalue weighted by molar-refractivity contribution is -0.0718. The summed E-state index contributed by atoms with van der Waals surface area (Å²) in [6.45, 7) is 4.69. The number of nitrogens with zero attached hydrogens (tertiary/aromatic N) is 1. The van der Waals surface area contributed by atoms with Crippen LogP contribution >= 0.6 is 11.3 Å². The molecule has 0 aromatic carbocycles. The number of rotatable bonds is 6. The molecule has 1 saturated carbocycles. The lowest BCUT2D eigenvalue weighted by Gasteiger charge is -2.33. The van der Waals surface area contributed by atoms with Crippen molar-refractivity contribution in [3.05, 3.63) is 16.1 Å². The molecule has 108 valence electrons. The Morgan fingerprint density at radius 2 is 2.16 bits per heavy atom. The van der Waals surface area contributed by atoms with Crippen LogP contribution in [-0.2, 0) is 11.2 Å². The van der Waals surface area contributed by atoms with E-state index in [2.05, 4.69) is 4.98 Å². The number of aromatic nitrogens is 1. The first kappa shape index (κ1) is 14.9.